The largest absolute Gasteiger partial charge is 0.338 e. The highest BCUT2D eigenvalue weighted by Crippen LogP contribution is 2.17. The van der Waals surface area contributed by atoms with E-state index >= 15 is 0 Å². The van der Waals surface area contributed by atoms with Crippen LogP contribution in [0.15, 0.2) is 24.3 Å². The third-order valence-electron chi connectivity index (χ3n) is 4.00. The lowest BCUT2D eigenvalue weighted by atomic mass is 9.96. The number of anilines is 1. The summed E-state index contributed by atoms with van der Waals surface area (Å²) in [7, 11) is 0. The summed E-state index contributed by atoms with van der Waals surface area (Å²) in [5.74, 6) is -0.0905. The van der Waals surface area contributed by atoms with Gasteiger partial charge in [0.15, 0.2) is 0 Å². The number of carbonyl (C=O) groups excluding carboxylic acids is 2. The highest BCUT2D eigenvalue weighted by atomic mass is 16.2. The number of aryl methyl sites for hydroxylation is 1. The van der Waals surface area contributed by atoms with E-state index in [1.54, 1.807) is 0 Å². The monoisotopic (exact) mass is 303 g/mol. The van der Waals surface area contributed by atoms with Gasteiger partial charge in [-0.1, -0.05) is 37.5 Å². The topological polar surface area (TPSA) is 70.2 Å². The minimum atomic E-state index is -0.171. The molecule has 1 aliphatic carbocycles. The summed E-state index contributed by atoms with van der Waals surface area (Å²) < 4.78 is 0. The van der Waals surface area contributed by atoms with Crippen LogP contribution in [-0.4, -0.2) is 24.5 Å². The van der Waals surface area contributed by atoms with Gasteiger partial charge in [0.05, 0.1) is 0 Å². The normalized spacial score (nSPS) is 15.1. The van der Waals surface area contributed by atoms with Crippen molar-refractivity contribution < 1.29 is 9.59 Å². The maximum Gasteiger partial charge on any atom is 0.315 e. The van der Waals surface area contributed by atoms with Crippen molar-refractivity contribution in [1.29, 1.82) is 0 Å². The second-order valence-electron chi connectivity index (χ2n) is 5.85. The molecule has 22 heavy (non-hydrogen) atoms. The smallest absolute Gasteiger partial charge is 0.315 e. The Morgan fingerprint density at radius 2 is 1.86 bits per heavy atom. The van der Waals surface area contributed by atoms with Crippen molar-refractivity contribution in [2.75, 3.05) is 11.9 Å². The van der Waals surface area contributed by atoms with E-state index in [0.717, 1.165) is 24.1 Å². The molecule has 0 aromatic heterocycles. The summed E-state index contributed by atoms with van der Waals surface area (Å²) in [5, 5.41) is 8.57. The van der Waals surface area contributed by atoms with E-state index in [4.69, 9.17) is 0 Å². The molecule has 3 amide bonds. The fourth-order valence-electron chi connectivity index (χ4n) is 2.70. The SMILES string of the molecule is Cc1ccccc1NC(=O)CCNC(=O)NC1CCCCC1. The molecule has 0 radical (unpaired) electrons. The number of benzene rings is 1. The Hall–Kier alpha value is -2.04. The molecular formula is C17H25N3O2. The number of hydrogen-bond acceptors (Lipinski definition) is 2. The lowest BCUT2D eigenvalue weighted by molar-refractivity contribution is -0.116. The van der Waals surface area contributed by atoms with E-state index in [2.05, 4.69) is 16.0 Å². The number of para-hydroxylation sites is 1. The van der Waals surface area contributed by atoms with Crippen LogP contribution >= 0.6 is 0 Å². The zero-order valence-electron chi connectivity index (χ0n) is 13.2. The highest BCUT2D eigenvalue weighted by Gasteiger charge is 2.15. The van der Waals surface area contributed by atoms with Gasteiger partial charge in [0, 0.05) is 24.7 Å². The second-order valence-corrected chi connectivity index (χ2v) is 5.85. The first-order chi connectivity index (χ1) is 10.6. The highest BCUT2D eigenvalue weighted by molar-refractivity contribution is 5.91. The number of amides is 3. The number of carbonyl (C=O) groups is 2. The van der Waals surface area contributed by atoms with Crippen LogP contribution in [0, 0.1) is 6.92 Å². The standard InChI is InChI=1S/C17H25N3O2/c1-13-7-5-6-10-15(13)20-16(21)11-12-18-17(22)19-14-8-3-2-4-9-14/h5-7,10,14H,2-4,8-9,11-12H2,1H3,(H,20,21)(H2,18,19,22). The quantitative estimate of drug-likeness (QED) is 0.782. The van der Waals surface area contributed by atoms with Crippen LogP contribution in [0.5, 0.6) is 0 Å². The summed E-state index contributed by atoms with van der Waals surface area (Å²) in [6, 6.07) is 7.76. The van der Waals surface area contributed by atoms with Crippen LogP contribution in [0.2, 0.25) is 0 Å². The minimum Gasteiger partial charge on any atom is -0.338 e. The van der Waals surface area contributed by atoms with Gasteiger partial charge in [-0.15, -0.1) is 0 Å². The fraction of sp³-hybridized carbons (Fsp3) is 0.529. The third kappa shape index (κ3) is 5.39. The van der Waals surface area contributed by atoms with E-state index in [-0.39, 0.29) is 24.4 Å². The van der Waals surface area contributed by atoms with Gasteiger partial charge in [-0.25, -0.2) is 4.79 Å². The van der Waals surface area contributed by atoms with Gasteiger partial charge in [0.2, 0.25) is 5.91 Å². The fourth-order valence-corrected chi connectivity index (χ4v) is 2.70. The van der Waals surface area contributed by atoms with Gasteiger partial charge < -0.3 is 16.0 Å². The molecule has 0 aliphatic heterocycles. The predicted octanol–water partition coefficient (Wildman–Crippen LogP) is 2.96. The predicted molar refractivity (Wildman–Crippen MR) is 87.8 cm³/mol. The Labute approximate surface area is 131 Å². The van der Waals surface area contributed by atoms with Crippen LogP contribution in [0.1, 0.15) is 44.1 Å². The van der Waals surface area contributed by atoms with Gasteiger partial charge in [-0.3, -0.25) is 4.79 Å². The van der Waals surface area contributed by atoms with Crippen LogP contribution in [0.25, 0.3) is 0 Å². The Morgan fingerprint density at radius 1 is 1.14 bits per heavy atom. The molecule has 1 aromatic carbocycles. The molecule has 5 heteroatoms. The maximum absolute atomic E-state index is 11.9. The first-order valence-electron chi connectivity index (χ1n) is 8.05. The summed E-state index contributed by atoms with van der Waals surface area (Å²) in [4.78, 5) is 23.6. The lowest BCUT2D eigenvalue weighted by Gasteiger charge is -2.22. The summed E-state index contributed by atoms with van der Waals surface area (Å²) in [6.07, 6.45) is 6.02. The molecular weight excluding hydrogens is 278 g/mol. The molecule has 0 saturated heterocycles. The molecule has 5 nitrogen and oxygen atoms in total. The molecule has 0 bridgehead atoms. The lowest BCUT2D eigenvalue weighted by Crippen LogP contribution is -2.43. The van der Waals surface area contributed by atoms with E-state index in [1.165, 1.54) is 19.3 Å². The van der Waals surface area contributed by atoms with Crippen LogP contribution in [0.3, 0.4) is 0 Å². The van der Waals surface area contributed by atoms with Crippen molar-refractivity contribution in [3.63, 3.8) is 0 Å². The van der Waals surface area contributed by atoms with Gasteiger partial charge in [-0.05, 0) is 31.4 Å². The Kier molecular flexibility index (Phi) is 6.25. The van der Waals surface area contributed by atoms with E-state index in [1.807, 2.05) is 31.2 Å². The van der Waals surface area contributed by atoms with Gasteiger partial charge in [0.25, 0.3) is 0 Å². The molecule has 3 N–H and O–H groups in total. The average Bonchev–Trinajstić information content (AvgIpc) is 2.50. The minimum absolute atomic E-state index is 0.0905. The average molecular weight is 303 g/mol. The van der Waals surface area contributed by atoms with E-state index < -0.39 is 0 Å². The van der Waals surface area contributed by atoms with Gasteiger partial charge in [-0.2, -0.15) is 0 Å². The van der Waals surface area contributed by atoms with Crippen LogP contribution in [-0.2, 0) is 4.79 Å². The molecule has 0 atom stereocenters. The van der Waals surface area contributed by atoms with Crippen LogP contribution in [0.4, 0.5) is 10.5 Å². The van der Waals surface area contributed by atoms with E-state index in [0.29, 0.717) is 6.54 Å². The Bertz CT molecular complexity index is 510. The number of rotatable bonds is 5. The van der Waals surface area contributed by atoms with Gasteiger partial charge >= 0.3 is 6.03 Å². The maximum atomic E-state index is 11.9. The first kappa shape index (κ1) is 16.3. The summed E-state index contributed by atoms with van der Waals surface area (Å²) in [6.45, 7) is 2.29. The third-order valence-corrected chi connectivity index (χ3v) is 4.00. The molecule has 2 rings (SSSR count). The molecule has 1 fully saturated rings. The summed E-state index contributed by atoms with van der Waals surface area (Å²) in [5.41, 5.74) is 1.85. The van der Waals surface area contributed by atoms with E-state index in [9.17, 15) is 9.59 Å². The number of urea groups is 1. The van der Waals surface area contributed by atoms with Crippen molar-refractivity contribution in [1.82, 2.24) is 10.6 Å². The van der Waals surface area contributed by atoms with Crippen molar-refractivity contribution in [2.45, 2.75) is 51.5 Å². The molecule has 120 valence electrons. The molecule has 1 saturated carbocycles. The number of hydrogen-bond donors (Lipinski definition) is 3. The van der Waals surface area contributed by atoms with Crippen molar-refractivity contribution >= 4 is 17.6 Å². The molecule has 1 aliphatic rings. The molecule has 1 aromatic rings. The van der Waals surface area contributed by atoms with Crippen LogP contribution < -0.4 is 16.0 Å². The second kappa shape index (κ2) is 8.41. The Morgan fingerprint density at radius 3 is 2.59 bits per heavy atom. The number of nitrogens with one attached hydrogen (secondary N) is 3. The zero-order valence-corrected chi connectivity index (χ0v) is 13.2. The molecule has 0 spiro atoms. The van der Waals surface area contributed by atoms with Crippen molar-refractivity contribution in [3.05, 3.63) is 29.8 Å². The Balaban J connectivity index is 1.64. The molecule has 0 unspecified atom stereocenters. The van der Waals surface area contributed by atoms with Crippen molar-refractivity contribution in [3.8, 4) is 0 Å². The zero-order chi connectivity index (χ0) is 15.8. The summed E-state index contributed by atoms with van der Waals surface area (Å²) >= 11 is 0. The van der Waals surface area contributed by atoms with Gasteiger partial charge in [0.1, 0.15) is 0 Å². The molecule has 0 heterocycles. The van der Waals surface area contributed by atoms with Crippen molar-refractivity contribution in [2.24, 2.45) is 0 Å². The first-order valence-corrected chi connectivity index (χ1v) is 8.05.